The molecule has 0 saturated heterocycles. The average Bonchev–Trinajstić information content (AvgIpc) is 2.32. The minimum Gasteiger partial charge on any atom is -0.481 e. The molecule has 1 N–H and O–H groups in total. The second kappa shape index (κ2) is 6.56. The number of hydrogen-bond acceptors (Lipinski definition) is 1. The molecule has 1 aromatic carbocycles. The molecule has 1 aromatic rings. The van der Waals surface area contributed by atoms with E-state index in [9.17, 15) is 9.90 Å². The summed E-state index contributed by atoms with van der Waals surface area (Å²) in [6, 6.07) is 8.05. The maximum Gasteiger partial charge on any atom is 0.309 e. The van der Waals surface area contributed by atoms with Gasteiger partial charge < -0.3 is 5.11 Å². The number of halogens is 1. The summed E-state index contributed by atoms with van der Waals surface area (Å²) in [5.74, 6) is -0.616. The lowest BCUT2D eigenvalue weighted by atomic mass is 9.72. The standard InChI is InChI=1S/C16H21BrO2/c17-14-8-6-7-13(11-14)12-16(15(18)19)9-4-2-1-3-5-10-16/h6-8,11H,1-5,9-10,12H2,(H,18,19). The molecule has 104 valence electrons. The van der Waals surface area contributed by atoms with Crippen molar-refractivity contribution in [2.75, 3.05) is 0 Å². The van der Waals surface area contributed by atoms with Crippen molar-refractivity contribution >= 4 is 21.9 Å². The SMILES string of the molecule is O=C(O)C1(Cc2cccc(Br)c2)CCCCCCC1. The summed E-state index contributed by atoms with van der Waals surface area (Å²) in [7, 11) is 0. The molecule has 0 aliphatic heterocycles. The first-order valence-electron chi connectivity index (χ1n) is 7.10. The summed E-state index contributed by atoms with van der Waals surface area (Å²) in [6.45, 7) is 0. The van der Waals surface area contributed by atoms with E-state index < -0.39 is 11.4 Å². The Morgan fingerprint density at radius 3 is 2.37 bits per heavy atom. The fourth-order valence-corrected chi connectivity index (χ4v) is 3.53. The van der Waals surface area contributed by atoms with Crippen molar-refractivity contribution in [2.45, 2.75) is 51.4 Å². The Labute approximate surface area is 123 Å². The van der Waals surface area contributed by atoms with E-state index in [0.717, 1.165) is 35.7 Å². The third kappa shape index (κ3) is 3.82. The third-order valence-corrected chi connectivity index (χ3v) is 4.69. The molecule has 0 aromatic heterocycles. The Kier molecular flexibility index (Phi) is 5.03. The van der Waals surface area contributed by atoms with Crippen molar-refractivity contribution in [1.29, 1.82) is 0 Å². The van der Waals surface area contributed by atoms with Crippen LogP contribution in [0, 0.1) is 5.41 Å². The Hall–Kier alpha value is -0.830. The largest absolute Gasteiger partial charge is 0.481 e. The maximum atomic E-state index is 11.8. The van der Waals surface area contributed by atoms with E-state index in [4.69, 9.17) is 0 Å². The van der Waals surface area contributed by atoms with Crippen LogP contribution < -0.4 is 0 Å². The van der Waals surface area contributed by atoms with Crippen LogP contribution in [0.15, 0.2) is 28.7 Å². The van der Waals surface area contributed by atoms with Crippen molar-refractivity contribution in [3.05, 3.63) is 34.3 Å². The van der Waals surface area contributed by atoms with E-state index in [-0.39, 0.29) is 0 Å². The number of carboxylic acid groups (broad SMARTS) is 1. The second-order valence-electron chi connectivity index (χ2n) is 5.66. The maximum absolute atomic E-state index is 11.8. The zero-order chi connectivity index (χ0) is 13.7. The van der Waals surface area contributed by atoms with Gasteiger partial charge in [0.15, 0.2) is 0 Å². The van der Waals surface area contributed by atoms with Crippen molar-refractivity contribution in [1.82, 2.24) is 0 Å². The molecule has 1 aliphatic carbocycles. The molecule has 1 saturated carbocycles. The van der Waals surface area contributed by atoms with Crippen molar-refractivity contribution in [3.63, 3.8) is 0 Å². The normalized spacial score (nSPS) is 19.4. The highest BCUT2D eigenvalue weighted by molar-refractivity contribution is 9.10. The third-order valence-electron chi connectivity index (χ3n) is 4.20. The van der Waals surface area contributed by atoms with E-state index in [1.807, 2.05) is 24.3 Å². The van der Waals surface area contributed by atoms with Crippen LogP contribution in [0.5, 0.6) is 0 Å². The monoisotopic (exact) mass is 324 g/mol. The van der Waals surface area contributed by atoms with Crippen LogP contribution >= 0.6 is 15.9 Å². The first kappa shape index (κ1) is 14.6. The Morgan fingerprint density at radius 1 is 1.16 bits per heavy atom. The van der Waals surface area contributed by atoms with Gasteiger partial charge in [-0.05, 0) is 37.0 Å². The molecule has 0 unspecified atom stereocenters. The van der Waals surface area contributed by atoms with Crippen molar-refractivity contribution < 1.29 is 9.90 Å². The van der Waals surface area contributed by atoms with E-state index in [0.29, 0.717) is 6.42 Å². The van der Waals surface area contributed by atoms with Gasteiger partial charge in [-0.25, -0.2) is 0 Å². The molecule has 3 heteroatoms. The van der Waals surface area contributed by atoms with Gasteiger partial charge in [0.25, 0.3) is 0 Å². The molecule has 1 fully saturated rings. The van der Waals surface area contributed by atoms with Crippen LogP contribution in [-0.4, -0.2) is 11.1 Å². The first-order chi connectivity index (χ1) is 9.12. The average molecular weight is 325 g/mol. The molecule has 0 bridgehead atoms. The number of benzene rings is 1. The van der Waals surface area contributed by atoms with E-state index in [1.165, 1.54) is 19.3 Å². The quantitative estimate of drug-likeness (QED) is 0.866. The summed E-state index contributed by atoms with van der Waals surface area (Å²) >= 11 is 3.46. The lowest BCUT2D eigenvalue weighted by Gasteiger charge is -2.31. The fourth-order valence-electron chi connectivity index (χ4n) is 3.09. The Bertz CT molecular complexity index is 434. The zero-order valence-corrected chi connectivity index (χ0v) is 12.8. The van der Waals surface area contributed by atoms with Crippen molar-refractivity contribution in [2.24, 2.45) is 5.41 Å². The Balaban J connectivity index is 2.20. The Morgan fingerprint density at radius 2 is 1.79 bits per heavy atom. The van der Waals surface area contributed by atoms with Gasteiger partial charge in [-0.3, -0.25) is 4.79 Å². The van der Waals surface area contributed by atoms with Crippen LogP contribution in [0.1, 0.15) is 50.5 Å². The van der Waals surface area contributed by atoms with E-state index in [2.05, 4.69) is 15.9 Å². The van der Waals surface area contributed by atoms with Gasteiger partial charge in [0.1, 0.15) is 0 Å². The van der Waals surface area contributed by atoms with Gasteiger partial charge in [-0.2, -0.15) is 0 Å². The van der Waals surface area contributed by atoms with E-state index >= 15 is 0 Å². The second-order valence-corrected chi connectivity index (χ2v) is 6.58. The van der Waals surface area contributed by atoms with Crippen LogP contribution in [0.25, 0.3) is 0 Å². The highest BCUT2D eigenvalue weighted by Gasteiger charge is 2.38. The molecule has 0 heterocycles. The summed E-state index contributed by atoms with van der Waals surface area (Å²) in [4.78, 5) is 11.8. The first-order valence-corrected chi connectivity index (χ1v) is 7.90. The summed E-state index contributed by atoms with van der Waals surface area (Å²) in [5.41, 5.74) is 0.568. The van der Waals surface area contributed by atoms with Crippen LogP contribution in [0.2, 0.25) is 0 Å². The molecule has 0 amide bonds. The van der Waals surface area contributed by atoms with Gasteiger partial charge >= 0.3 is 5.97 Å². The minimum absolute atomic E-state index is 0.554. The number of hydrogen-bond donors (Lipinski definition) is 1. The highest BCUT2D eigenvalue weighted by Crippen LogP contribution is 2.38. The molecular weight excluding hydrogens is 304 g/mol. The predicted octanol–water partition coefficient (Wildman–Crippen LogP) is 4.81. The number of carbonyl (C=O) groups is 1. The predicted molar refractivity (Wildman–Crippen MR) is 80.2 cm³/mol. The van der Waals surface area contributed by atoms with Gasteiger partial charge in [-0.1, -0.05) is 60.2 Å². The molecular formula is C16H21BrO2. The minimum atomic E-state index is -0.616. The zero-order valence-electron chi connectivity index (χ0n) is 11.2. The lowest BCUT2D eigenvalue weighted by molar-refractivity contribution is -0.150. The number of rotatable bonds is 3. The fraction of sp³-hybridized carbons (Fsp3) is 0.562. The van der Waals surface area contributed by atoms with Gasteiger partial charge in [0.2, 0.25) is 0 Å². The van der Waals surface area contributed by atoms with Crippen LogP contribution in [-0.2, 0) is 11.2 Å². The number of aliphatic carboxylic acids is 1. The van der Waals surface area contributed by atoms with Gasteiger partial charge in [0.05, 0.1) is 5.41 Å². The molecule has 2 rings (SSSR count). The van der Waals surface area contributed by atoms with E-state index in [1.54, 1.807) is 0 Å². The summed E-state index contributed by atoms with van der Waals surface area (Å²) < 4.78 is 1.02. The lowest BCUT2D eigenvalue weighted by Crippen LogP contribution is -2.34. The highest BCUT2D eigenvalue weighted by atomic mass is 79.9. The topological polar surface area (TPSA) is 37.3 Å². The van der Waals surface area contributed by atoms with Crippen LogP contribution in [0.3, 0.4) is 0 Å². The van der Waals surface area contributed by atoms with Gasteiger partial charge in [-0.15, -0.1) is 0 Å². The molecule has 19 heavy (non-hydrogen) atoms. The smallest absolute Gasteiger partial charge is 0.309 e. The molecule has 0 radical (unpaired) electrons. The van der Waals surface area contributed by atoms with Crippen LogP contribution in [0.4, 0.5) is 0 Å². The molecule has 2 nitrogen and oxygen atoms in total. The molecule has 0 spiro atoms. The summed E-state index contributed by atoms with van der Waals surface area (Å²) in [6.07, 6.45) is 7.97. The molecule has 0 atom stereocenters. The van der Waals surface area contributed by atoms with Crippen molar-refractivity contribution in [3.8, 4) is 0 Å². The summed E-state index contributed by atoms with van der Waals surface area (Å²) in [5, 5.41) is 9.72. The number of carboxylic acids is 1. The molecule has 1 aliphatic rings. The van der Waals surface area contributed by atoms with Gasteiger partial charge in [0, 0.05) is 4.47 Å².